The third kappa shape index (κ3) is 2.62. The zero-order valence-electron chi connectivity index (χ0n) is 12.3. The quantitative estimate of drug-likeness (QED) is 0.898. The molecule has 4 heteroatoms. The molecule has 110 valence electrons. The standard InChI is InChI=1S/C16H23NO3/c1-10-13(7-15(20-10)16(18)19)8-17(2)9-14-6-11-3-4-12(14)5-11/h7,11-12,14H,3-6,8-9H2,1-2H3,(H,18,19). The fourth-order valence-electron chi connectivity index (χ4n) is 4.14. The van der Waals surface area contributed by atoms with Gasteiger partial charge in [0.05, 0.1) is 0 Å². The number of aromatic carboxylic acids is 1. The second-order valence-electron chi connectivity index (χ2n) is 6.63. The van der Waals surface area contributed by atoms with E-state index in [2.05, 4.69) is 11.9 Å². The van der Waals surface area contributed by atoms with Crippen LogP contribution in [0.1, 0.15) is 47.6 Å². The Hall–Kier alpha value is -1.29. The van der Waals surface area contributed by atoms with Crippen LogP contribution in [0.3, 0.4) is 0 Å². The van der Waals surface area contributed by atoms with Gasteiger partial charge in [-0.3, -0.25) is 0 Å². The van der Waals surface area contributed by atoms with E-state index in [-0.39, 0.29) is 5.76 Å². The van der Waals surface area contributed by atoms with E-state index >= 15 is 0 Å². The molecule has 2 aliphatic carbocycles. The number of furan rings is 1. The number of fused-ring (bicyclic) bond motifs is 2. The van der Waals surface area contributed by atoms with Crippen molar-refractivity contribution in [2.75, 3.05) is 13.6 Å². The molecule has 3 unspecified atom stereocenters. The molecule has 0 saturated heterocycles. The van der Waals surface area contributed by atoms with Crippen molar-refractivity contribution in [2.24, 2.45) is 17.8 Å². The Morgan fingerprint density at radius 2 is 2.25 bits per heavy atom. The number of hydrogen-bond donors (Lipinski definition) is 1. The zero-order chi connectivity index (χ0) is 14.3. The lowest BCUT2D eigenvalue weighted by molar-refractivity contribution is 0.0661. The Bertz CT molecular complexity index is 508. The van der Waals surface area contributed by atoms with Crippen LogP contribution in [0.15, 0.2) is 10.5 Å². The van der Waals surface area contributed by atoms with Gasteiger partial charge in [0.25, 0.3) is 0 Å². The normalized spacial score (nSPS) is 28.4. The monoisotopic (exact) mass is 277 g/mol. The molecule has 3 atom stereocenters. The molecule has 1 heterocycles. The molecular formula is C16H23NO3. The van der Waals surface area contributed by atoms with E-state index in [0.717, 1.165) is 42.2 Å². The maximum Gasteiger partial charge on any atom is 0.371 e. The molecule has 0 radical (unpaired) electrons. The van der Waals surface area contributed by atoms with Crippen molar-refractivity contribution >= 4 is 5.97 Å². The molecule has 0 aromatic carbocycles. The van der Waals surface area contributed by atoms with Gasteiger partial charge in [0.1, 0.15) is 5.76 Å². The Morgan fingerprint density at radius 3 is 2.80 bits per heavy atom. The molecule has 3 rings (SSSR count). The minimum Gasteiger partial charge on any atom is -0.475 e. The summed E-state index contributed by atoms with van der Waals surface area (Å²) in [6.07, 6.45) is 5.68. The smallest absolute Gasteiger partial charge is 0.371 e. The Balaban J connectivity index is 1.58. The number of hydrogen-bond acceptors (Lipinski definition) is 3. The fourth-order valence-corrected chi connectivity index (χ4v) is 4.14. The molecule has 0 spiro atoms. The summed E-state index contributed by atoms with van der Waals surface area (Å²) in [5, 5.41) is 8.95. The van der Waals surface area contributed by atoms with Crippen LogP contribution in [0.5, 0.6) is 0 Å². The lowest BCUT2D eigenvalue weighted by atomic mass is 9.88. The third-order valence-corrected chi connectivity index (χ3v) is 5.10. The number of nitrogens with zero attached hydrogens (tertiary/aromatic N) is 1. The Labute approximate surface area is 119 Å². The highest BCUT2D eigenvalue weighted by Gasteiger charge is 2.39. The molecule has 2 fully saturated rings. The second-order valence-corrected chi connectivity index (χ2v) is 6.63. The lowest BCUT2D eigenvalue weighted by Crippen LogP contribution is -2.28. The Kier molecular flexibility index (Phi) is 3.59. The van der Waals surface area contributed by atoms with E-state index in [0.29, 0.717) is 0 Å². The largest absolute Gasteiger partial charge is 0.475 e. The topological polar surface area (TPSA) is 53.7 Å². The van der Waals surface area contributed by atoms with Crippen molar-refractivity contribution in [1.29, 1.82) is 0 Å². The molecule has 0 amide bonds. The Morgan fingerprint density at radius 1 is 1.45 bits per heavy atom. The van der Waals surface area contributed by atoms with Crippen LogP contribution in [0.25, 0.3) is 0 Å². The highest BCUT2D eigenvalue weighted by Crippen LogP contribution is 2.48. The summed E-state index contributed by atoms with van der Waals surface area (Å²) < 4.78 is 5.27. The number of carboxylic acids is 1. The second kappa shape index (κ2) is 5.24. The number of aryl methyl sites for hydroxylation is 1. The highest BCUT2D eigenvalue weighted by molar-refractivity contribution is 5.84. The molecule has 2 bridgehead atoms. The van der Waals surface area contributed by atoms with Gasteiger partial charge in [-0.05, 0) is 57.1 Å². The summed E-state index contributed by atoms with van der Waals surface area (Å²) in [6, 6.07) is 1.66. The van der Waals surface area contributed by atoms with Crippen molar-refractivity contribution in [3.05, 3.63) is 23.2 Å². The van der Waals surface area contributed by atoms with Crippen molar-refractivity contribution in [2.45, 2.75) is 39.2 Å². The first kappa shape index (κ1) is 13.7. The van der Waals surface area contributed by atoms with Crippen LogP contribution in [0.2, 0.25) is 0 Å². The minimum atomic E-state index is -0.991. The van der Waals surface area contributed by atoms with Crippen LogP contribution in [-0.2, 0) is 6.54 Å². The average molecular weight is 277 g/mol. The molecular weight excluding hydrogens is 254 g/mol. The molecule has 1 N–H and O–H groups in total. The van der Waals surface area contributed by atoms with Crippen LogP contribution in [0, 0.1) is 24.7 Å². The van der Waals surface area contributed by atoms with Crippen LogP contribution < -0.4 is 0 Å². The van der Waals surface area contributed by atoms with Gasteiger partial charge in [-0.1, -0.05) is 6.42 Å². The van der Waals surface area contributed by atoms with Crippen LogP contribution in [-0.4, -0.2) is 29.6 Å². The minimum absolute atomic E-state index is 0.0471. The summed E-state index contributed by atoms with van der Waals surface area (Å²) >= 11 is 0. The van der Waals surface area contributed by atoms with E-state index in [9.17, 15) is 4.79 Å². The van der Waals surface area contributed by atoms with E-state index < -0.39 is 5.97 Å². The fraction of sp³-hybridized carbons (Fsp3) is 0.688. The van der Waals surface area contributed by atoms with Gasteiger partial charge in [0, 0.05) is 18.7 Å². The number of carboxylic acid groups (broad SMARTS) is 1. The van der Waals surface area contributed by atoms with E-state index in [1.165, 1.54) is 25.7 Å². The van der Waals surface area contributed by atoms with Crippen molar-refractivity contribution in [3.8, 4) is 0 Å². The van der Waals surface area contributed by atoms with E-state index in [4.69, 9.17) is 9.52 Å². The zero-order valence-corrected chi connectivity index (χ0v) is 12.3. The van der Waals surface area contributed by atoms with Gasteiger partial charge in [-0.2, -0.15) is 0 Å². The van der Waals surface area contributed by atoms with Crippen molar-refractivity contribution < 1.29 is 14.3 Å². The number of carbonyl (C=O) groups is 1. The summed E-state index contributed by atoms with van der Waals surface area (Å²) in [4.78, 5) is 13.2. The first-order valence-electron chi connectivity index (χ1n) is 7.54. The lowest BCUT2D eigenvalue weighted by Gasteiger charge is -2.27. The maximum atomic E-state index is 10.9. The van der Waals surface area contributed by atoms with Crippen molar-refractivity contribution in [3.63, 3.8) is 0 Å². The first-order valence-corrected chi connectivity index (χ1v) is 7.54. The summed E-state index contributed by atoms with van der Waals surface area (Å²) in [7, 11) is 2.12. The molecule has 1 aromatic heterocycles. The molecule has 2 saturated carbocycles. The van der Waals surface area contributed by atoms with E-state index in [1.807, 2.05) is 6.92 Å². The SMILES string of the molecule is Cc1oc(C(=O)O)cc1CN(C)CC1CC2CCC1C2. The summed E-state index contributed by atoms with van der Waals surface area (Å²) in [5.74, 6) is 2.53. The predicted molar refractivity (Wildman–Crippen MR) is 75.7 cm³/mol. The first-order chi connectivity index (χ1) is 9.52. The van der Waals surface area contributed by atoms with Crippen molar-refractivity contribution in [1.82, 2.24) is 4.90 Å². The summed E-state index contributed by atoms with van der Waals surface area (Å²) in [5.41, 5.74) is 0.994. The van der Waals surface area contributed by atoms with Gasteiger partial charge in [-0.15, -0.1) is 0 Å². The average Bonchev–Trinajstić information content (AvgIpc) is 3.05. The maximum absolute atomic E-state index is 10.9. The van der Waals surface area contributed by atoms with Gasteiger partial charge < -0.3 is 14.4 Å². The molecule has 4 nitrogen and oxygen atoms in total. The number of rotatable bonds is 5. The van der Waals surface area contributed by atoms with Gasteiger partial charge >= 0.3 is 5.97 Å². The highest BCUT2D eigenvalue weighted by atomic mass is 16.4. The molecule has 2 aliphatic rings. The van der Waals surface area contributed by atoms with Crippen LogP contribution in [0.4, 0.5) is 0 Å². The molecule has 20 heavy (non-hydrogen) atoms. The van der Waals surface area contributed by atoms with E-state index in [1.54, 1.807) is 6.07 Å². The van der Waals surface area contributed by atoms with Crippen LogP contribution >= 0.6 is 0 Å². The van der Waals surface area contributed by atoms with Gasteiger partial charge in [-0.25, -0.2) is 4.79 Å². The van der Waals surface area contributed by atoms with Gasteiger partial charge in [0.15, 0.2) is 0 Å². The molecule has 0 aliphatic heterocycles. The predicted octanol–water partition coefficient (Wildman–Crippen LogP) is 3.15. The van der Waals surface area contributed by atoms with Gasteiger partial charge in [0.2, 0.25) is 5.76 Å². The summed E-state index contributed by atoms with van der Waals surface area (Å²) in [6.45, 7) is 3.73. The third-order valence-electron chi connectivity index (χ3n) is 5.10. The molecule has 1 aromatic rings.